The van der Waals surface area contributed by atoms with E-state index in [1.807, 2.05) is 36.9 Å². The Morgan fingerprint density at radius 3 is 2.66 bits per heavy atom. The van der Waals surface area contributed by atoms with E-state index in [1.165, 1.54) is 5.56 Å². The predicted molar refractivity (Wildman–Crippen MR) is 111 cm³/mol. The number of benzene rings is 1. The van der Waals surface area contributed by atoms with Gasteiger partial charge in [0.2, 0.25) is 5.91 Å². The molecule has 0 saturated carbocycles. The maximum Gasteiger partial charge on any atom is 0.276 e. The number of hydrogen-bond donors (Lipinski definition) is 0. The molecule has 7 heteroatoms. The first-order valence-corrected chi connectivity index (χ1v) is 10.6. The molecular weight excluding hydrogens is 366 g/mol. The van der Waals surface area contributed by atoms with Crippen molar-refractivity contribution in [2.45, 2.75) is 46.1 Å². The van der Waals surface area contributed by atoms with E-state index >= 15 is 0 Å². The second kappa shape index (κ2) is 10.2. The van der Waals surface area contributed by atoms with E-state index in [-0.39, 0.29) is 17.7 Å². The Hall–Kier alpha value is -2.70. The van der Waals surface area contributed by atoms with Gasteiger partial charge in [0.05, 0.1) is 12.1 Å². The number of aromatic nitrogens is 3. The van der Waals surface area contributed by atoms with E-state index in [2.05, 4.69) is 22.4 Å². The van der Waals surface area contributed by atoms with Crippen molar-refractivity contribution in [2.24, 2.45) is 5.92 Å². The first-order chi connectivity index (χ1) is 14.1. The summed E-state index contributed by atoms with van der Waals surface area (Å²) in [6, 6.07) is 10.3. The zero-order valence-corrected chi connectivity index (χ0v) is 17.5. The average molecular weight is 398 g/mol. The van der Waals surface area contributed by atoms with Crippen molar-refractivity contribution in [2.75, 3.05) is 26.2 Å². The van der Waals surface area contributed by atoms with Gasteiger partial charge in [0, 0.05) is 32.7 Å². The number of aryl methyl sites for hydroxylation is 2. The summed E-state index contributed by atoms with van der Waals surface area (Å²) in [5, 5.41) is 8.20. The van der Waals surface area contributed by atoms with Crippen molar-refractivity contribution >= 4 is 11.8 Å². The molecule has 1 aromatic carbocycles. The lowest BCUT2D eigenvalue weighted by molar-refractivity contribution is -0.136. The summed E-state index contributed by atoms with van der Waals surface area (Å²) in [5.41, 5.74) is 1.65. The Labute approximate surface area is 172 Å². The third kappa shape index (κ3) is 5.43. The molecule has 29 heavy (non-hydrogen) atoms. The lowest BCUT2D eigenvalue weighted by atomic mass is 9.96. The minimum Gasteiger partial charge on any atom is -0.343 e. The highest BCUT2D eigenvalue weighted by Crippen LogP contribution is 2.20. The van der Waals surface area contributed by atoms with Crippen molar-refractivity contribution < 1.29 is 9.59 Å². The SMILES string of the molecule is CCN(CC)C(=O)C1CCCN(C(=O)c2cn(CCCc3ccccc3)nn2)C1. The Morgan fingerprint density at radius 2 is 1.93 bits per heavy atom. The van der Waals surface area contributed by atoms with E-state index in [9.17, 15) is 9.59 Å². The van der Waals surface area contributed by atoms with E-state index in [0.29, 0.717) is 31.9 Å². The highest BCUT2D eigenvalue weighted by atomic mass is 16.2. The van der Waals surface area contributed by atoms with Crippen molar-refractivity contribution in [1.29, 1.82) is 0 Å². The standard InChI is InChI=1S/C22H31N5O2/c1-3-25(4-2)21(28)19-13-9-14-26(16-19)22(29)20-17-27(24-23-20)15-8-12-18-10-6-5-7-11-18/h5-7,10-11,17,19H,3-4,8-9,12-16H2,1-2H3. The molecule has 1 aliphatic rings. The van der Waals surface area contributed by atoms with Crippen LogP contribution >= 0.6 is 0 Å². The lowest BCUT2D eigenvalue weighted by Gasteiger charge is -2.34. The topological polar surface area (TPSA) is 71.3 Å². The molecule has 3 rings (SSSR count). The molecule has 1 aliphatic heterocycles. The van der Waals surface area contributed by atoms with Gasteiger partial charge in [-0.1, -0.05) is 35.5 Å². The molecule has 1 aromatic heterocycles. The molecule has 1 saturated heterocycles. The van der Waals surface area contributed by atoms with E-state index in [1.54, 1.807) is 15.8 Å². The van der Waals surface area contributed by atoms with Crippen LogP contribution in [-0.2, 0) is 17.8 Å². The van der Waals surface area contributed by atoms with Crippen LogP contribution in [0.5, 0.6) is 0 Å². The van der Waals surface area contributed by atoms with Crippen LogP contribution in [-0.4, -0.2) is 62.8 Å². The van der Waals surface area contributed by atoms with Gasteiger partial charge in [-0.05, 0) is 45.1 Å². The Kier molecular flexibility index (Phi) is 7.38. The average Bonchev–Trinajstić information content (AvgIpc) is 3.24. The third-order valence-electron chi connectivity index (χ3n) is 5.59. The molecular formula is C22H31N5O2. The van der Waals surface area contributed by atoms with Crippen LogP contribution in [0.3, 0.4) is 0 Å². The molecule has 0 N–H and O–H groups in total. The van der Waals surface area contributed by atoms with E-state index < -0.39 is 0 Å². The minimum absolute atomic E-state index is 0.117. The van der Waals surface area contributed by atoms with E-state index in [4.69, 9.17) is 0 Å². The molecule has 2 aromatic rings. The molecule has 1 unspecified atom stereocenters. The summed E-state index contributed by atoms with van der Waals surface area (Å²) in [6.45, 7) is 7.25. The van der Waals surface area contributed by atoms with Gasteiger partial charge in [0.1, 0.15) is 0 Å². The summed E-state index contributed by atoms with van der Waals surface area (Å²) in [7, 11) is 0. The fraction of sp³-hybridized carbons (Fsp3) is 0.545. The van der Waals surface area contributed by atoms with Crippen LogP contribution in [0.1, 0.15) is 49.2 Å². The second-order valence-electron chi connectivity index (χ2n) is 7.56. The summed E-state index contributed by atoms with van der Waals surface area (Å²) < 4.78 is 1.73. The molecule has 2 amide bonds. The fourth-order valence-electron chi connectivity index (χ4n) is 3.91. The van der Waals surface area contributed by atoms with Crippen LogP contribution in [0, 0.1) is 5.92 Å². The number of carbonyl (C=O) groups excluding carboxylic acids is 2. The second-order valence-corrected chi connectivity index (χ2v) is 7.56. The van der Waals surface area contributed by atoms with Gasteiger partial charge in [-0.3, -0.25) is 14.3 Å². The molecule has 1 fully saturated rings. The first kappa shape index (κ1) is 21.0. The summed E-state index contributed by atoms with van der Waals surface area (Å²) in [4.78, 5) is 29.1. The molecule has 0 aliphatic carbocycles. The van der Waals surface area contributed by atoms with Crippen LogP contribution < -0.4 is 0 Å². The van der Waals surface area contributed by atoms with Crippen molar-refractivity contribution in [3.8, 4) is 0 Å². The number of amides is 2. The van der Waals surface area contributed by atoms with Gasteiger partial charge in [-0.15, -0.1) is 5.10 Å². The quantitative estimate of drug-likeness (QED) is 0.687. The normalized spacial score (nSPS) is 16.6. The fourth-order valence-corrected chi connectivity index (χ4v) is 3.91. The molecule has 2 heterocycles. The molecule has 0 radical (unpaired) electrons. The third-order valence-corrected chi connectivity index (χ3v) is 5.59. The zero-order chi connectivity index (χ0) is 20.6. The van der Waals surface area contributed by atoms with Gasteiger partial charge in [0.25, 0.3) is 5.91 Å². The zero-order valence-electron chi connectivity index (χ0n) is 17.5. The van der Waals surface area contributed by atoms with Crippen LogP contribution in [0.15, 0.2) is 36.5 Å². The number of hydrogen-bond acceptors (Lipinski definition) is 4. The molecule has 0 spiro atoms. The predicted octanol–water partition coefficient (Wildman–Crippen LogP) is 2.63. The number of carbonyl (C=O) groups is 2. The Balaban J connectivity index is 1.54. The van der Waals surface area contributed by atoms with Gasteiger partial charge >= 0.3 is 0 Å². The molecule has 7 nitrogen and oxygen atoms in total. The molecule has 1 atom stereocenters. The number of rotatable bonds is 8. The van der Waals surface area contributed by atoms with Crippen LogP contribution in [0.4, 0.5) is 0 Å². The molecule has 156 valence electrons. The van der Waals surface area contributed by atoms with Gasteiger partial charge in [0.15, 0.2) is 5.69 Å². The van der Waals surface area contributed by atoms with Gasteiger partial charge in [-0.2, -0.15) is 0 Å². The van der Waals surface area contributed by atoms with E-state index in [0.717, 1.165) is 32.2 Å². The number of piperidine rings is 1. The number of nitrogens with zero attached hydrogens (tertiary/aromatic N) is 5. The Bertz CT molecular complexity index is 801. The first-order valence-electron chi connectivity index (χ1n) is 10.6. The molecule has 0 bridgehead atoms. The largest absolute Gasteiger partial charge is 0.343 e. The summed E-state index contributed by atoms with van der Waals surface area (Å²) >= 11 is 0. The van der Waals surface area contributed by atoms with Gasteiger partial charge < -0.3 is 9.80 Å². The summed E-state index contributed by atoms with van der Waals surface area (Å²) in [6.07, 6.45) is 5.31. The van der Waals surface area contributed by atoms with Crippen LogP contribution in [0.2, 0.25) is 0 Å². The van der Waals surface area contributed by atoms with Crippen molar-refractivity contribution in [3.63, 3.8) is 0 Å². The summed E-state index contributed by atoms with van der Waals surface area (Å²) in [5.74, 6) is -0.0954. The van der Waals surface area contributed by atoms with Gasteiger partial charge in [-0.25, -0.2) is 0 Å². The highest BCUT2D eigenvalue weighted by molar-refractivity contribution is 5.92. The van der Waals surface area contributed by atoms with Crippen LogP contribution in [0.25, 0.3) is 0 Å². The smallest absolute Gasteiger partial charge is 0.276 e. The van der Waals surface area contributed by atoms with Crippen molar-refractivity contribution in [1.82, 2.24) is 24.8 Å². The maximum absolute atomic E-state index is 12.9. The maximum atomic E-state index is 12.9. The monoisotopic (exact) mass is 397 g/mol. The Morgan fingerprint density at radius 1 is 1.17 bits per heavy atom. The lowest BCUT2D eigenvalue weighted by Crippen LogP contribution is -2.46. The number of likely N-dealkylation sites (tertiary alicyclic amines) is 1. The highest BCUT2D eigenvalue weighted by Gasteiger charge is 2.31. The van der Waals surface area contributed by atoms with Crippen molar-refractivity contribution in [3.05, 3.63) is 47.8 Å². The minimum atomic E-state index is -0.128.